The van der Waals surface area contributed by atoms with Crippen molar-refractivity contribution in [2.75, 3.05) is 19.7 Å². The third-order valence-corrected chi connectivity index (χ3v) is 4.13. The van der Waals surface area contributed by atoms with Gasteiger partial charge in [-0.3, -0.25) is 4.90 Å². The van der Waals surface area contributed by atoms with Gasteiger partial charge in [-0.05, 0) is 37.2 Å². The summed E-state index contributed by atoms with van der Waals surface area (Å²) in [5.74, 6) is 1.00. The fraction of sp³-hybridized carbons (Fsp3) is 0.400. The summed E-state index contributed by atoms with van der Waals surface area (Å²) in [7, 11) is 0. The largest absolute Gasteiger partial charge is 0.492 e. The number of benzene rings is 2. The first-order valence-electron chi connectivity index (χ1n) is 8.23. The zero-order valence-electron chi connectivity index (χ0n) is 14.0. The Morgan fingerprint density at radius 2 is 1.55 bits per heavy atom. The third kappa shape index (κ3) is 4.60. The van der Waals surface area contributed by atoms with Crippen molar-refractivity contribution in [2.45, 2.75) is 33.2 Å². The maximum absolute atomic E-state index is 6.11. The molecule has 2 rings (SSSR count). The molecule has 22 heavy (non-hydrogen) atoms. The van der Waals surface area contributed by atoms with E-state index in [0.29, 0.717) is 6.04 Å². The van der Waals surface area contributed by atoms with Crippen LogP contribution in [0.3, 0.4) is 0 Å². The van der Waals surface area contributed by atoms with Crippen molar-refractivity contribution >= 4 is 0 Å². The molecule has 0 aliphatic rings. The van der Waals surface area contributed by atoms with Gasteiger partial charge in [-0.15, -0.1) is 0 Å². The molecule has 0 aliphatic heterocycles. The second kappa shape index (κ2) is 8.60. The molecule has 0 fully saturated rings. The molecule has 0 bridgehead atoms. The van der Waals surface area contributed by atoms with E-state index < -0.39 is 0 Å². The minimum Gasteiger partial charge on any atom is -0.492 e. The summed E-state index contributed by atoms with van der Waals surface area (Å²) in [4.78, 5) is 2.42. The smallest absolute Gasteiger partial charge is 0.122 e. The minimum absolute atomic E-state index is 0.430. The topological polar surface area (TPSA) is 12.5 Å². The number of likely N-dealkylation sites (N-methyl/N-ethyl adjacent to an activating group) is 1. The van der Waals surface area contributed by atoms with Crippen LogP contribution in [0.5, 0.6) is 5.75 Å². The van der Waals surface area contributed by atoms with E-state index in [1.807, 2.05) is 6.07 Å². The number of hydrogen-bond donors (Lipinski definition) is 0. The second-order valence-corrected chi connectivity index (χ2v) is 5.65. The highest BCUT2D eigenvalue weighted by Gasteiger charge is 2.12. The maximum Gasteiger partial charge on any atom is 0.122 e. The molecule has 0 heterocycles. The lowest BCUT2D eigenvalue weighted by molar-refractivity contribution is 0.157. The fourth-order valence-corrected chi connectivity index (χ4v) is 2.77. The maximum atomic E-state index is 6.11. The molecule has 0 amide bonds. The van der Waals surface area contributed by atoms with Gasteiger partial charge in [-0.2, -0.15) is 0 Å². The number of nitrogens with zero attached hydrogens (tertiary/aromatic N) is 1. The Morgan fingerprint density at radius 3 is 2.23 bits per heavy atom. The highest BCUT2D eigenvalue weighted by atomic mass is 16.5. The molecule has 0 aromatic heterocycles. The van der Waals surface area contributed by atoms with Gasteiger partial charge in [0.2, 0.25) is 0 Å². The third-order valence-electron chi connectivity index (χ3n) is 4.13. The molecule has 0 N–H and O–H groups in total. The first-order valence-corrected chi connectivity index (χ1v) is 8.23. The second-order valence-electron chi connectivity index (χ2n) is 5.65. The Hall–Kier alpha value is -1.80. The molecule has 0 saturated heterocycles. The predicted octanol–water partition coefficient (Wildman–Crippen LogP) is 4.39. The molecule has 2 aromatic rings. The lowest BCUT2D eigenvalue weighted by atomic mass is 10.0. The highest BCUT2D eigenvalue weighted by Crippen LogP contribution is 2.22. The SMILES string of the molecule is CCN(CC)C(C)COc1ccccc1Cc1ccccc1. The lowest BCUT2D eigenvalue weighted by Crippen LogP contribution is -2.37. The van der Waals surface area contributed by atoms with Crippen molar-refractivity contribution in [2.24, 2.45) is 0 Å². The normalized spacial score (nSPS) is 12.4. The molecular weight excluding hydrogens is 270 g/mol. The van der Waals surface area contributed by atoms with Crippen molar-refractivity contribution < 1.29 is 4.74 Å². The van der Waals surface area contributed by atoms with Crippen molar-refractivity contribution in [1.29, 1.82) is 0 Å². The van der Waals surface area contributed by atoms with Crippen LogP contribution in [0.1, 0.15) is 31.9 Å². The lowest BCUT2D eigenvalue weighted by Gasteiger charge is -2.26. The standard InChI is InChI=1S/C20H27NO/c1-4-21(5-2)17(3)16-22-20-14-10-9-13-19(20)15-18-11-7-6-8-12-18/h6-14,17H,4-5,15-16H2,1-3H3. The Bertz CT molecular complexity index is 549. The Morgan fingerprint density at radius 1 is 0.909 bits per heavy atom. The van der Waals surface area contributed by atoms with E-state index in [0.717, 1.165) is 31.9 Å². The summed E-state index contributed by atoms with van der Waals surface area (Å²) in [6.45, 7) is 9.48. The van der Waals surface area contributed by atoms with E-state index in [9.17, 15) is 0 Å². The summed E-state index contributed by atoms with van der Waals surface area (Å²) in [6.07, 6.45) is 0.913. The molecule has 2 heteroatoms. The van der Waals surface area contributed by atoms with Gasteiger partial charge in [0.05, 0.1) is 0 Å². The number of hydrogen-bond acceptors (Lipinski definition) is 2. The quantitative estimate of drug-likeness (QED) is 0.716. The van der Waals surface area contributed by atoms with Gasteiger partial charge in [0, 0.05) is 12.5 Å². The average Bonchev–Trinajstić information content (AvgIpc) is 2.56. The zero-order chi connectivity index (χ0) is 15.8. The van der Waals surface area contributed by atoms with E-state index in [-0.39, 0.29) is 0 Å². The van der Waals surface area contributed by atoms with Gasteiger partial charge in [-0.1, -0.05) is 62.4 Å². The molecule has 1 atom stereocenters. The number of rotatable bonds is 8. The predicted molar refractivity (Wildman–Crippen MR) is 93.6 cm³/mol. The van der Waals surface area contributed by atoms with Crippen LogP contribution < -0.4 is 4.74 Å². The van der Waals surface area contributed by atoms with Crippen LogP contribution in [-0.2, 0) is 6.42 Å². The average molecular weight is 297 g/mol. The minimum atomic E-state index is 0.430. The fourth-order valence-electron chi connectivity index (χ4n) is 2.77. The molecular formula is C20H27NO. The molecule has 0 saturated carbocycles. The van der Waals surface area contributed by atoms with E-state index in [1.54, 1.807) is 0 Å². The molecule has 1 unspecified atom stereocenters. The summed E-state index contributed by atoms with van der Waals surface area (Å²) >= 11 is 0. The van der Waals surface area contributed by atoms with E-state index >= 15 is 0 Å². The van der Waals surface area contributed by atoms with Crippen molar-refractivity contribution in [3.63, 3.8) is 0 Å². The summed E-state index contributed by atoms with van der Waals surface area (Å²) in [5, 5.41) is 0. The van der Waals surface area contributed by atoms with Crippen LogP contribution in [0.25, 0.3) is 0 Å². The molecule has 0 radical (unpaired) electrons. The number of para-hydroxylation sites is 1. The molecule has 0 aliphatic carbocycles. The van der Waals surface area contributed by atoms with Crippen LogP contribution in [0.15, 0.2) is 54.6 Å². The molecule has 2 nitrogen and oxygen atoms in total. The van der Waals surface area contributed by atoms with Gasteiger partial charge >= 0.3 is 0 Å². The summed E-state index contributed by atoms with van der Waals surface area (Å²) in [5.41, 5.74) is 2.57. The van der Waals surface area contributed by atoms with Crippen LogP contribution in [-0.4, -0.2) is 30.6 Å². The van der Waals surface area contributed by atoms with Gasteiger partial charge in [0.25, 0.3) is 0 Å². The Kier molecular flexibility index (Phi) is 6.47. The van der Waals surface area contributed by atoms with Gasteiger partial charge in [-0.25, -0.2) is 0 Å². The zero-order valence-corrected chi connectivity index (χ0v) is 14.0. The van der Waals surface area contributed by atoms with Crippen LogP contribution in [0, 0.1) is 0 Å². The van der Waals surface area contributed by atoms with Crippen LogP contribution >= 0.6 is 0 Å². The molecule has 118 valence electrons. The van der Waals surface area contributed by atoms with Crippen LogP contribution in [0.4, 0.5) is 0 Å². The van der Waals surface area contributed by atoms with E-state index in [4.69, 9.17) is 4.74 Å². The van der Waals surface area contributed by atoms with Crippen molar-refractivity contribution in [3.05, 3.63) is 65.7 Å². The molecule has 2 aromatic carbocycles. The monoisotopic (exact) mass is 297 g/mol. The Labute approximate surface area is 134 Å². The van der Waals surface area contributed by atoms with E-state index in [1.165, 1.54) is 11.1 Å². The van der Waals surface area contributed by atoms with Crippen LogP contribution in [0.2, 0.25) is 0 Å². The van der Waals surface area contributed by atoms with Crippen molar-refractivity contribution in [1.82, 2.24) is 4.90 Å². The number of ether oxygens (including phenoxy) is 1. The van der Waals surface area contributed by atoms with E-state index in [2.05, 4.69) is 74.2 Å². The first-order chi connectivity index (χ1) is 10.7. The van der Waals surface area contributed by atoms with Gasteiger partial charge < -0.3 is 4.74 Å². The summed E-state index contributed by atoms with van der Waals surface area (Å²) < 4.78 is 6.11. The van der Waals surface area contributed by atoms with Crippen molar-refractivity contribution in [3.8, 4) is 5.75 Å². The molecule has 0 spiro atoms. The Balaban J connectivity index is 2.02. The van der Waals surface area contributed by atoms with Gasteiger partial charge in [0.1, 0.15) is 12.4 Å². The first kappa shape index (κ1) is 16.6. The summed E-state index contributed by atoms with van der Waals surface area (Å²) in [6, 6.07) is 19.3. The van der Waals surface area contributed by atoms with Gasteiger partial charge in [0.15, 0.2) is 0 Å². The highest BCUT2D eigenvalue weighted by molar-refractivity contribution is 5.37.